The molecular formula is C24H28N2O5. The molecule has 7 heteroatoms. The summed E-state index contributed by atoms with van der Waals surface area (Å²) in [6.45, 7) is 3.65. The van der Waals surface area contributed by atoms with Gasteiger partial charge in [0.1, 0.15) is 0 Å². The van der Waals surface area contributed by atoms with Crippen LogP contribution < -0.4 is 4.90 Å². The summed E-state index contributed by atoms with van der Waals surface area (Å²) in [5, 5.41) is 21.0. The van der Waals surface area contributed by atoms with E-state index in [1.54, 1.807) is 4.90 Å². The number of fused-ring (bicyclic) bond motifs is 1. The number of nitrogens with zero attached hydrogens (tertiary/aromatic N) is 2. The fourth-order valence-corrected chi connectivity index (χ4v) is 4.42. The van der Waals surface area contributed by atoms with Crippen LogP contribution in [0.2, 0.25) is 0 Å². The number of anilines is 1. The molecule has 1 fully saturated rings. The summed E-state index contributed by atoms with van der Waals surface area (Å²) in [4.78, 5) is 41.0. The van der Waals surface area contributed by atoms with E-state index in [4.69, 9.17) is 0 Å². The minimum Gasteiger partial charge on any atom is -0.478 e. The fourth-order valence-electron chi connectivity index (χ4n) is 4.42. The molecular weight excluding hydrogens is 396 g/mol. The van der Waals surface area contributed by atoms with Gasteiger partial charge in [0.25, 0.3) is 0 Å². The zero-order chi connectivity index (χ0) is 22.5. The lowest BCUT2D eigenvalue weighted by molar-refractivity contribution is -0.137. The summed E-state index contributed by atoms with van der Waals surface area (Å²) in [6, 6.07) is 13.4. The molecule has 0 spiro atoms. The molecule has 0 aliphatic carbocycles. The van der Waals surface area contributed by atoms with Gasteiger partial charge in [0.2, 0.25) is 5.91 Å². The van der Waals surface area contributed by atoms with Crippen molar-refractivity contribution in [2.24, 2.45) is 11.8 Å². The molecule has 1 aliphatic heterocycles. The van der Waals surface area contributed by atoms with E-state index < -0.39 is 17.9 Å². The highest BCUT2D eigenvalue weighted by Gasteiger charge is 2.39. The summed E-state index contributed by atoms with van der Waals surface area (Å²) >= 11 is 0. The summed E-state index contributed by atoms with van der Waals surface area (Å²) < 4.78 is 0. The number of carbonyl (C=O) groups is 3. The Balaban J connectivity index is 2.09. The van der Waals surface area contributed by atoms with E-state index in [-0.39, 0.29) is 17.4 Å². The highest BCUT2D eigenvalue weighted by atomic mass is 16.4. The molecule has 0 radical (unpaired) electrons. The van der Waals surface area contributed by atoms with E-state index in [0.717, 1.165) is 23.9 Å². The van der Waals surface area contributed by atoms with Gasteiger partial charge in [0.05, 0.1) is 17.2 Å². The maximum Gasteiger partial charge on any atom is 0.332 e. The lowest BCUT2D eigenvalue weighted by atomic mass is 9.78. The third-order valence-electron chi connectivity index (χ3n) is 6.00. The van der Waals surface area contributed by atoms with Crippen molar-refractivity contribution in [2.45, 2.75) is 19.8 Å². The predicted molar refractivity (Wildman–Crippen MR) is 119 cm³/mol. The summed E-state index contributed by atoms with van der Waals surface area (Å²) in [5.74, 6) is -4.37. The van der Waals surface area contributed by atoms with E-state index in [0.29, 0.717) is 31.1 Å². The van der Waals surface area contributed by atoms with Gasteiger partial charge in [-0.3, -0.25) is 4.79 Å². The number of carboxylic acid groups (broad SMARTS) is 2. The molecule has 0 saturated carbocycles. The van der Waals surface area contributed by atoms with E-state index in [1.807, 2.05) is 56.4 Å². The zero-order valence-corrected chi connectivity index (χ0v) is 17.8. The maximum atomic E-state index is 13.8. The van der Waals surface area contributed by atoms with Crippen LogP contribution in [0.25, 0.3) is 10.8 Å². The highest BCUT2D eigenvalue weighted by molar-refractivity contribution is 6.09. The lowest BCUT2D eigenvalue weighted by Crippen LogP contribution is -2.44. The van der Waals surface area contributed by atoms with Crippen LogP contribution in [0.4, 0.5) is 5.69 Å². The molecule has 7 nitrogen and oxygen atoms in total. The number of piperidine rings is 1. The Kier molecular flexibility index (Phi) is 7.07. The molecule has 0 bridgehead atoms. The minimum atomic E-state index is -1.37. The van der Waals surface area contributed by atoms with Crippen LogP contribution >= 0.6 is 0 Å². The molecule has 164 valence electrons. The van der Waals surface area contributed by atoms with Crippen LogP contribution in [0.5, 0.6) is 0 Å². The molecule has 1 atom stereocenters. The first-order valence-electron chi connectivity index (χ1n) is 10.5. The van der Waals surface area contributed by atoms with Crippen molar-refractivity contribution >= 4 is 34.3 Å². The van der Waals surface area contributed by atoms with Crippen molar-refractivity contribution in [1.29, 1.82) is 0 Å². The molecule has 1 saturated heterocycles. The van der Waals surface area contributed by atoms with Crippen molar-refractivity contribution in [2.75, 3.05) is 31.6 Å². The maximum absolute atomic E-state index is 13.8. The third kappa shape index (κ3) is 4.94. The van der Waals surface area contributed by atoms with Gasteiger partial charge in [0.15, 0.2) is 0 Å². The number of hydrogen-bond acceptors (Lipinski definition) is 4. The molecule has 2 aromatic rings. The quantitative estimate of drug-likeness (QED) is 0.662. The topological polar surface area (TPSA) is 98.2 Å². The Hall–Kier alpha value is -3.19. The van der Waals surface area contributed by atoms with Crippen LogP contribution in [0.15, 0.2) is 54.1 Å². The van der Waals surface area contributed by atoms with Gasteiger partial charge in [0, 0.05) is 18.0 Å². The molecule has 3 rings (SSSR count). The average molecular weight is 424 g/mol. The van der Waals surface area contributed by atoms with Gasteiger partial charge in [-0.2, -0.15) is 0 Å². The number of benzene rings is 2. The SMILES string of the molecule is CCN(C(=O)C(/C(=C\C(=O)O)C(=O)O)C1CCN(C)CC1)c1cccc2ccccc12. The largest absolute Gasteiger partial charge is 0.478 e. The zero-order valence-electron chi connectivity index (χ0n) is 17.8. The Labute approximate surface area is 181 Å². The van der Waals surface area contributed by atoms with Gasteiger partial charge in [-0.1, -0.05) is 36.4 Å². The normalized spacial score (nSPS) is 16.8. The second-order valence-electron chi connectivity index (χ2n) is 7.94. The summed E-state index contributed by atoms with van der Waals surface area (Å²) in [6.07, 6.45) is 1.94. The number of hydrogen-bond donors (Lipinski definition) is 2. The molecule has 2 N–H and O–H groups in total. The van der Waals surface area contributed by atoms with Gasteiger partial charge in [-0.15, -0.1) is 0 Å². The van der Waals surface area contributed by atoms with Gasteiger partial charge in [-0.05, 0) is 57.3 Å². The first-order valence-corrected chi connectivity index (χ1v) is 10.5. The van der Waals surface area contributed by atoms with Crippen LogP contribution in [-0.2, 0) is 14.4 Å². The Morgan fingerprint density at radius 2 is 1.74 bits per heavy atom. The first kappa shape index (κ1) is 22.5. The molecule has 1 heterocycles. The van der Waals surface area contributed by atoms with Crippen molar-refractivity contribution in [1.82, 2.24) is 4.90 Å². The van der Waals surface area contributed by atoms with Gasteiger partial charge < -0.3 is 20.0 Å². The van der Waals surface area contributed by atoms with Gasteiger partial charge >= 0.3 is 11.9 Å². The van der Waals surface area contributed by atoms with Crippen LogP contribution in [-0.4, -0.2) is 59.6 Å². The molecule has 1 amide bonds. The Morgan fingerprint density at radius 3 is 2.35 bits per heavy atom. The van der Waals surface area contributed by atoms with Crippen LogP contribution in [0.3, 0.4) is 0 Å². The molecule has 1 unspecified atom stereocenters. The molecule has 1 aliphatic rings. The second-order valence-corrected chi connectivity index (χ2v) is 7.94. The first-order chi connectivity index (χ1) is 14.8. The van der Waals surface area contributed by atoms with Crippen molar-refractivity contribution in [3.05, 3.63) is 54.1 Å². The molecule has 31 heavy (non-hydrogen) atoms. The number of carbonyl (C=O) groups excluding carboxylic acids is 1. The second kappa shape index (κ2) is 9.75. The number of rotatable bonds is 7. The monoisotopic (exact) mass is 424 g/mol. The Morgan fingerprint density at radius 1 is 1.10 bits per heavy atom. The third-order valence-corrected chi connectivity index (χ3v) is 6.00. The number of aliphatic carboxylic acids is 2. The smallest absolute Gasteiger partial charge is 0.332 e. The van der Waals surface area contributed by atoms with E-state index >= 15 is 0 Å². The fraction of sp³-hybridized carbons (Fsp3) is 0.375. The van der Waals surface area contributed by atoms with Crippen LogP contribution in [0, 0.1) is 11.8 Å². The standard InChI is InChI=1S/C24H28N2O5/c1-3-26(20-10-6-8-16-7-4-5-9-18(16)20)23(29)22(17-11-13-25(2)14-12-17)19(24(30)31)15-21(27)28/h4-10,15,17,22H,3,11-14H2,1-2H3,(H,27,28)(H,30,31)/b19-15+. The van der Waals surface area contributed by atoms with E-state index in [9.17, 15) is 24.6 Å². The van der Waals surface area contributed by atoms with E-state index in [1.165, 1.54) is 0 Å². The van der Waals surface area contributed by atoms with Crippen molar-refractivity contribution in [3.8, 4) is 0 Å². The Bertz CT molecular complexity index is 1000. The average Bonchev–Trinajstić information content (AvgIpc) is 2.75. The van der Waals surface area contributed by atoms with Crippen molar-refractivity contribution < 1.29 is 24.6 Å². The van der Waals surface area contributed by atoms with E-state index in [2.05, 4.69) is 4.90 Å². The predicted octanol–water partition coefficient (Wildman–Crippen LogP) is 3.25. The summed E-state index contributed by atoms with van der Waals surface area (Å²) in [7, 11) is 1.98. The number of carboxylic acids is 2. The number of amides is 1. The summed E-state index contributed by atoms with van der Waals surface area (Å²) in [5.41, 5.74) is 0.342. The number of likely N-dealkylation sites (tertiary alicyclic amines) is 1. The molecule has 2 aromatic carbocycles. The molecule has 0 aromatic heterocycles. The lowest BCUT2D eigenvalue weighted by Gasteiger charge is -2.36. The van der Waals surface area contributed by atoms with Crippen LogP contribution in [0.1, 0.15) is 19.8 Å². The highest BCUT2D eigenvalue weighted by Crippen LogP contribution is 2.35. The van der Waals surface area contributed by atoms with Gasteiger partial charge in [-0.25, -0.2) is 9.59 Å². The minimum absolute atomic E-state index is 0.241. The van der Waals surface area contributed by atoms with Crippen molar-refractivity contribution in [3.63, 3.8) is 0 Å².